The Hall–Kier alpha value is -0.150. The molecule has 0 aromatic rings. The molecule has 2 nitrogen and oxygen atoms in total. The van der Waals surface area contributed by atoms with Gasteiger partial charge in [0.25, 0.3) is 0 Å². The van der Waals surface area contributed by atoms with Gasteiger partial charge in [0, 0.05) is 25.5 Å². The number of halogens is 1. The van der Waals surface area contributed by atoms with Gasteiger partial charge >= 0.3 is 0 Å². The lowest BCUT2D eigenvalue weighted by atomic mass is 10.0. The minimum atomic E-state index is -0.733. The molecule has 1 saturated heterocycles. The minimum absolute atomic E-state index is 0.0567. The van der Waals surface area contributed by atoms with Crippen molar-refractivity contribution >= 4 is 0 Å². The summed E-state index contributed by atoms with van der Waals surface area (Å²) in [5.41, 5.74) is 5.27. The van der Waals surface area contributed by atoms with Crippen LogP contribution >= 0.6 is 0 Å². The van der Waals surface area contributed by atoms with Crippen molar-refractivity contribution in [1.29, 1.82) is 0 Å². The molecule has 1 rings (SSSR count). The van der Waals surface area contributed by atoms with E-state index < -0.39 is 6.17 Å². The molecule has 0 aliphatic carbocycles. The molecule has 1 aliphatic rings. The largest absolute Gasteiger partial charge is 0.381 e. The maximum absolute atomic E-state index is 12.7. The van der Waals surface area contributed by atoms with Crippen molar-refractivity contribution in [1.82, 2.24) is 0 Å². The Morgan fingerprint density at radius 3 is 2.89 bits per heavy atom. The fourth-order valence-corrected chi connectivity index (χ4v) is 0.986. The van der Waals surface area contributed by atoms with Gasteiger partial charge in [-0.2, -0.15) is 0 Å². The summed E-state index contributed by atoms with van der Waals surface area (Å²) in [5.74, 6) is -0.0567. The molecule has 1 fully saturated rings. The van der Waals surface area contributed by atoms with Crippen LogP contribution < -0.4 is 5.73 Å². The minimum Gasteiger partial charge on any atom is -0.381 e. The lowest BCUT2D eigenvalue weighted by molar-refractivity contribution is 0.00561. The van der Waals surface area contributed by atoms with E-state index in [0.717, 1.165) is 0 Å². The van der Waals surface area contributed by atoms with Crippen LogP contribution in [0, 0.1) is 5.92 Å². The van der Waals surface area contributed by atoms with Gasteiger partial charge in [0.05, 0.1) is 6.61 Å². The van der Waals surface area contributed by atoms with E-state index in [-0.39, 0.29) is 5.92 Å². The molecule has 54 valence electrons. The Balaban J connectivity index is 2.30. The first-order chi connectivity index (χ1) is 4.34. The average Bonchev–Trinajstić information content (AvgIpc) is 1.89. The van der Waals surface area contributed by atoms with Gasteiger partial charge in [0.15, 0.2) is 0 Å². The van der Waals surface area contributed by atoms with Crippen molar-refractivity contribution < 1.29 is 9.13 Å². The predicted octanol–water partition coefficient (Wildman–Crippen LogP) is 0.320. The van der Waals surface area contributed by atoms with Crippen molar-refractivity contribution in [2.75, 3.05) is 19.8 Å². The summed E-state index contributed by atoms with van der Waals surface area (Å²) in [5, 5.41) is 0. The van der Waals surface area contributed by atoms with E-state index in [1.54, 1.807) is 0 Å². The number of hydrogen-bond acceptors (Lipinski definition) is 2. The summed E-state index contributed by atoms with van der Waals surface area (Å²) in [7, 11) is 0. The summed E-state index contributed by atoms with van der Waals surface area (Å²) >= 11 is 0. The molecule has 9 heavy (non-hydrogen) atoms. The SMILES string of the molecule is NCC1COCCC1F. The second-order valence-electron chi connectivity index (χ2n) is 2.38. The summed E-state index contributed by atoms with van der Waals surface area (Å²) < 4.78 is 17.7. The molecule has 0 radical (unpaired) electrons. The van der Waals surface area contributed by atoms with E-state index in [0.29, 0.717) is 26.2 Å². The van der Waals surface area contributed by atoms with Gasteiger partial charge in [-0.05, 0) is 0 Å². The van der Waals surface area contributed by atoms with Crippen LogP contribution in [0.1, 0.15) is 6.42 Å². The van der Waals surface area contributed by atoms with E-state index in [2.05, 4.69) is 0 Å². The average molecular weight is 133 g/mol. The molecule has 2 unspecified atom stereocenters. The van der Waals surface area contributed by atoms with E-state index in [1.165, 1.54) is 0 Å². The molecule has 0 amide bonds. The predicted molar refractivity (Wildman–Crippen MR) is 32.9 cm³/mol. The zero-order valence-electron chi connectivity index (χ0n) is 5.35. The van der Waals surface area contributed by atoms with Crippen LogP contribution in [0.2, 0.25) is 0 Å². The van der Waals surface area contributed by atoms with E-state index in [4.69, 9.17) is 10.5 Å². The van der Waals surface area contributed by atoms with Crippen molar-refractivity contribution in [2.24, 2.45) is 11.7 Å². The molecular weight excluding hydrogens is 121 g/mol. The van der Waals surface area contributed by atoms with Gasteiger partial charge in [-0.3, -0.25) is 0 Å². The first-order valence-corrected chi connectivity index (χ1v) is 3.26. The molecule has 0 spiro atoms. The zero-order valence-corrected chi connectivity index (χ0v) is 5.35. The van der Waals surface area contributed by atoms with E-state index in [1.807, 2.05) is 0 Å². The quantitative estimate of drug-likeness (QED) is 0.559. The van der Waals surface area contributed by atoms with Crippen molar-refractivity contribution in [3.8, 4) is 0 Å². The number of rotatable bonds is 1. The monoisotopic (exact) mass is 133 g/mol. The lowest BCUT2D eigenvalue weighted by Gasteiger charge is -2.24. The van der Waals surface area contributed by atoms with Crippen LogP contribution in [0.4, 0.5) is 4.39 Å². The molecule has 0 saturated carbocycles. The summed E-state index contributed by atoms with van der Waals surface area (Å²) in [6.45, 7) is 1.45. The highest BCUT2D eigenvalue weighted by Gasteiger charge is 2.23. The van der Waals surface area contributed by atoms with Crippen LogP contribution in [-0.4, -0.2) is 25.9 Å². The summed E-state index contributed by atoms with van der Waals surface area (Å²) in [6.07, 6.45) is -0.217. The standard InChI is InChI=1S/C6H12FNO/c7-6-1-2-9-4-5(6)3-8/h5-6H,1-4,8H2. The lowest BCUT2D eigenvalue weighted by Crippen LogP contribution is -2.34. The first kappa shape index (κ1) is 6.96. The molecular formula is C6H12FNO. The smallest absolute Gasteiger partial charge is 0.109 e. The van der Waals surface area contributed by atoms with Gasteiger partial charge in [-0.15, -0.1) is 0 Å². The molecule has 0 aromatic carbocycles. The second kappa shape index (κ2) is 3.13. The third-order valence-corrected chi connectivity index (χ3v) is 1.68. The Morgan fingerprint density at radius 2 is 2.44 bits per heavy atom. The molecule has 1 aliphatic heterocycles. The molecule has 0 aromatic heterocycles. The normalized spacial score (nSPS) is 36.7. The Bertz CT molecular complexity index is 89.1. The van der Waals surface area contributed by atoms with Crippen molar-refractivity contribution in [3.63, 3.8) is 0 Å². The fourth-order valence-electron chi connectivity index (χ4n) is 0.986. The van der Waals surface area contributed by atoms with Crippen molar-refractivity contribution in [2.45, 2.75) is 12.6 Å². The highest BCUT2D eigenvalue weighted by molar-refractivity contribution is 4.72. The molecule has 2 N–H and O–H groups in total. The highest BCUT2D eigenvalue weighted by Crippen LogP contribution is 2.16. The molecule has 0 bridgehead atoms. The second-order valence-corrected chi connectivity index (χ2v) is 2.38. The first-order valence-electron chi connectivity index (χ1n) is 3.26. The van der Waals surface area contributed by atoms with Gasteiger partial charge in [0.1, 0.15) is 6.17 Å². The summed E-state index contributed by atoms with van der Waals surface area (Å²) in [4.78, 5) is 0. The van der Waals surface area contributed by atoms with Crippen LogP contribution in [0.25, 0.3) is 0 Å². The van der Waals surface area contributed by atoms with Gasteiger partial charge in [-0.25, -0.2) is 4.39 Å². The Kier molecular flexibility index (Phi) is 2.42. The molecule has 2 atom stereocenters. The number of ether oxygens (including phenoxy) is 1. The van der Waals surface area contributed by atoms with Crippen LogP contribution in [0.15, 0.2) is 0 Å². The van der Waals surface area contributed by atoms with Crippen LogP contribution in [-0.2, 0) is 4.74 Å². The fraction of sp³-hybridized carbons (Fsp3) is 1.00. The Morgan fingerprint density at radius 1 is 1.67 bits per heavy atom. The third-order valence-electron chi connectivity index (χ3n) is 1.68. The molecule has 3 heteroatoms. The van der Waals surface area contributed by atoms with Crippen LogP contribution in [0.5, 0.6) is 0 Å². The number of hydrogen-bond donors (Lipinski definition) is 1. The maximum atomic E-state index is 12.7. The van der Waals surface area contributed by atoms with Gasteiger partial charge in [-0.1, -0.05) is 0 Å². The van der Waals surface area contributed by atoms with Crippen LogP contribution in [0.3, 0.4) is 0 Å². The van der Waals surface area contributed by atoms with E-state index in [9.17, 15) is 4.39 Å². The summed E-state index contributed by atoms with van der Waals surface area (Å²) in [6, 6.07) is 0. The third kappa shape index (κ3) is 1.63. The number of alkyl halides is 1. The zero-order chi connectivity index (χ0) is 6.69. The van der Waals surface area contributed by atoms with E-state index >= 15 is 0 Å². The van der Waals surface area contributed by atoms with Gasteiger partial charge < -0.3 is 10.5 Å². The number of nitrogens with two attached hydrogens (primary N) is 1. The topological polar surface area (TPSA) is 35.2 Å². The van der Waals surface area contributed by atoms with Crippen molar-refractivity contribution in [3.05, 3.63) is 0 Å². The highest BCUT2D eigenvalue weighted by atomic mass is 19.1. The molecule has 1 heterocycles. The van der Waals surface area contributed by atoms with Gasteiger partial charge in [0.2, 0.25) is 0 Å². The maximum Gasteiger partial charge on any atom is 0.109 e. The Labute approximate surface area is 54.2 Å².